The van der Waals surface area contributed by atoms with Gasteiger partial charge < -0.3 is 0 Å². The minimum absolute atomic E-state index is 0.339. The summed E-state index contributed by atoms with van der Waals surface area (Å²) in [6.07, 6.45) is 0. The van der Waals surface area contributed by atoms with Gasteiger partial charge >= 0.3 is 0 Å². The van der Waals surface area contributed by atoms with Crippen molar-refractivity contribution in [3.05, 3.63) is 58.3 Å². The zero-order chi connectivity index (χ0) is 17.2. The van der Waals surface area contributed by atoms with Gasteiger partial charge in [-0.25, -0.2) is 8.42 Å². The molecule has 1 aromatic carbocycles. The van der Waals surface area contributed by atoms with Crippen molar-refractivity contribution in [1.82, 2.24) is 14.2 Å². The fourth-order valence-corrected chi connectivity index (χ4v) is 4.84. The summed E-state index contributed by atoms with van der Waals surface area (Å²) in [6, 6.07) is 12.9. The van der Waals surface area contributed by atoms with Crippen molar-refractivity contribution in [3.8, 4) is 0 Å². The van der Waals surface area contributed by atoms with Gasteiger partial charge in [0.25, 0.3) is 0 Å². The molecule has 0 aliphatic carbocycles. The lowest BCUT2D eigenvalue weighted by atomic mass is 10.2. The van der Waals surface area contributed by atoms with Gasteiger partial charge in [0.1, 0.15) is 0 Å². The molecule has 3 rings (SSSR count). The second-order valence-corrected chi connectivity index (χ2v) is 8.76. The molecule has 7 heteroatoms. The van der Waals surface area contributed by atoms with Crippen molar-refractivity contribution < 1.29 is 8.42 Å². The van der Waals surface area contributed by atoms with Gasteiger partial charge in [-0.15, -0.1) is 0 Å². The molecule has 0 bridgehead atoms. The molecule has 1 aliphatic rings. The maximum Gasteiger partial charge on any atom is 0.243 e. The van der Waals surface area contributed by atoms with Gasteiger partial charge in [-0.05, 0) is 37.3 Å². The standard InChI is InChI=1S/C17H20BrN3O2S/c1-14-4-2-6-16(19-14)13-20-8-10-21(11-9-20)24(22,23)17-7-3-5-15(18)12-17/h2-7,12H,8-11,13H2,1H3. The number of benzene rings is 1. The van der Waals surface area contributed by atoms with E-state index >= 15 is 0 Å². The van der Waals surface area contributed by atoms with Crippen LogP contribution in [0.1, 0.15) is 11.4 Å². The quantitative estimate of drug-likeness (QED) is 0.778. The molecule has 0 radical (unpaired) electrons. The molecule has 128 valence electrons. The molecule has 2 heterocycles. The number of rotatable bonds is 4. The van der Waals surface area contributed by atoms with Crippen molar-refractivity contribution >= 4 is 26.0 Å². The number of aromatic nitrogens is 1. The summed E-state index contributed by atoms with van der Waals surface area (Å²) in [6.45, 7) is 5.16. The van der Waals surface area contributed by atoms with Crippen LogP contribution < -0.4 is 0 Å². The van der Waals surface area contributed by atoms with Crippen LogP contribution in [0.15, 0.2) is 51.8 Å². The Labute approximate surface area is 151 Å². The fraction of sp³-hybridized carbons (Fsp3) is 0.353. The summed E-state index contributed by atoms with van der Waals surface area (Å²) in [5.41, 5.74) is 2.03. The first-order valence-corrected chi connectivity index (χ1v) is 10.1. The lowest BCUT2D eigenvalue weighted by molar-refractivity contribution is 0.180. The van der Waals surface area contributed by atoms with Crippen LogP contribution >= 0.6 is 15.9 Å². The first-order valence-electron chi connectivity index (χ1n) is 7.86. The Morgan fingerprint density at radius 3 is 2.46 bits per heavy atom. The normalized spacial score (nSPS) is 17.1. The molecule has 0 unspecified atom stereocenters. The van der Waals surface area contributed by atoms with Gasteiger partial charge in [0.05, 0.1) is 10.6 Å². The highest BCUT2D eigenvalue weighted by Crippen LogP contribution is 2.21. The highest BCUT2D eigenvalue weighted by molar-refractivity contribution is 9.10. The molecule has 1 fully saturated rings. The highest BCUT2D eigenvalue weighted by Gasteiger charge is 2.28. The third kappa shape index (κ3) is 4.03. The monoisotopic (exact) mass is 409 g/mol. The third-order valence-corrected chi connectivity index (χ3v) is 6.48. The Kier molecular flexibility index (Phi) is 5.34. The summed E-state index contributed by atoms with van der Waals surface area (Å²) in [5.74, 6) is 0. The van der Waals surface area contributed by atoms with Crippen LogP contribution in [0.3, 0.4) is 0 Å². The zero-order valence-corrected chi connectivity index (χ0v) is 15.9. The molecule has 5 nitrogen and oxygen atoms in total. The Hall–Kier alpha value is -1.28. The smallest absolute Gasteiger partial charge is 0.243 e. The van der Waals surface area contributed by atoms with E-state index in [2.05, 4.69) is 25.8 Å². The Morgan fingerprint density at radius 1 is 1.08 bits per heavy atom. The first-order chi connectivity index (χ1) is 11.4. The Bertz CT molecular complexity index is 818. The third-order valence-electron chi connectivity index (χ3n) is 4.10. The topological polar surface area (TPSA) is 53.5 Å². The average Bonchev–Trinajstić information content (AvgIpc) is 2.55. The summed E-state index contributed by atoms with van der Waals surface area (Å²) in [4.78, 5) is 7.10. The van der Waals surface area contributed by atoms with E-state index in [0.29, 0.717) is 31.1 Å². The van der Waals surface area contributed by atoms with E-state index in [9.17, 15) is 8.42 Å². The molecule has 2 aromatic rings. The highest BCUT2D eigenvalue weighted by atomic mass is 79.9. The minimum Gasteiger partial charge on any atom is -0.295 e. The summed E-state index contributed by atoms with van der Waals surface area (Å²) >= 11 is 3.33. The van der Waals surface area contributed by atoms with Crippen LogP contribution in [-0.4, -0.2) is 48.8 Å². The molecule has 0 saturated carbocycles. The Balaban J connectivity index is 1.64. The molecular formula is C17H20BrN3O2S. The van der Waals surface area contributed by atoms with E-state index in [1.54, 1.807) is 22.5 Å². The molecule has 0 spiro atoms. The maximum absolute atomic E-state index is 12.7. The van der Waals surface area contributed by atoms with Crippen molar-refractivity contribution in [1.29, 1.82) is 0 Å². The van der Waals surface area contributed by atoms with E-state index in [1.807, 2.05) is 31.2 Å². The van der Waals surface area contributed by atoms with Crippen LogP contribution in [0.5, 0.6) is 0 Å². The lowest BCUT2D eigenvalue weighted by Crippen LogP contribution is -2.48. The largest absolute Gasteiger partial charge is 0.295 e. The van der Waals surface area contributed by atoms with Crippen molar-refractivity contribution in [2.45, 2.75) is 18.4 Å². The number of hydrogen-bond acceptors (Lipinski definition) is 4. The van der Waals surface area contributed by atoms with E-state index in [1.165, 1.54) is 0 Å². The Morgan fingerprint density at radius 2 is 1.79 bits per heavy atom. The number of hydrogen-bond donors (Lipinski definition) is 0. The second kappa shape index (κ2) is 7.31. The van der Waals surface area contributed by atoms with Crippen molar-refractivity contribution in [2.75, 3.05) is 26.2 Å². The SMILES string of the molecule is Cc1cccc(CN2CCN(S(=O)(=O)c3cccc(Br)c3)CC2)n1. The first kappa shape index (κ1) is 17.5. The maximum atomic E-state index is 12.7. The molecular weight excluding hydrogens is 390 g/mol. The van der Waals surface area contributed by atoms with E-state index < -0.39 is 10.0 Å². The summed E-state index contributed by atoms with van der Waals surface area (Å²) < 4.78 is 27.8. The number of halogens is 1. The van der Waals surface area contributed by atoms with Gasteiger partial charge in [-0.1, -0.05) is 28.1 Å². The van der Waals surface area contributed by atoms with Crippen LogP contribution in [-0.2, 0) is 16.6 Å². The van der Waals surface area contributed by atoms with Crippen LogP contribution in [0.4, 0.5) is 0 Å². The van der Waals surface area contributed by atoms with Gasteiger partial charge in [-0.2, -0.15) is 4.31 Å². The second-order valence-electron chi connectivity index (χ2n) is 5.91. The lowest BCUT2D eigenvalue weighted by Gasteiger charge is -2.33. The molecule has 0 amide bonds. The average molecular weight is 410 g/mol. The van der Waals surface area contributed by atoms with Gasteiger partial charge in [-0.3, -0.25) is 9.88 Å². The van der Waals surface area contributed by atoms with Crippen LogP contribution in [0.25, 0.3) is 0 Å². The summed E-state index contributed by atoms with van der Waals surface area (Å²) in [5, 5.41) is 0. The fourth-order valence-electron chi connectivity index (χ4n) is 2.82. The molecule has 1 aliphatic heterocycles. The number of nitrogens with zero attached hydrogens (tertiary/aromatic N) is 3. The number of pyridine rings is 1. The van der Waals surface area contributed by atoms with E-state index in [0.717, 1.165) is 22.4 Å². The molecule has 1 aromatic heterocycles. The van der Waals surface area contributed by atoms with Gasteiger partial charge in [0, 0.05) is 42.9 Å². The summed E-state index contributed by atoms with van der Waals surface area (Å²) in [7, 11) is -3.43. The molecule has 0 atom stereocenters. The van der Waals surface area contributed by atoms with E-state index in [-0.39, 0.29) is 0 Å². The van der Waals surface area contributed by atoms with Crippen molar-refractivity contribution in [2.24, 2.45) is 0 Å². The van der Waals surface area contributed by atoms with Gasteiger partial charge in [0.15, 0.2) is 0 Å². The van der Waals surface area contributed by atoms with Crippen LogP contribution in [0.2, 0.25) is 0 Å². The van der Waals surface area contributed by atoms with Gasteiger partial charge in [0.2, 0.25) is 10.0 Å². The number of aryl methyl sites for hydroxylation is 1. The predicted octanol–water partition coefficient (Wildman–Crippen LogP) is 2.66. The van der Waals surface area contributed by atoms with Crippen LogP contribution in [0, 0.1) is 6.92 Å². The van der Waals surface area contributed by atoms with E-state index in [4.69, 9.17) is 0 Å². The molecule has 24 heavy (non-hydrogen) atoms. The number of sulfonamides is 1. The molecule has 0 N–H and O–H groups in total. The minimum atomic E-state index is -3.43. The zero-order valence-electron chi connectivity index (χ0n) is 13.5. The molecule has 1 saturated heterocycles. The van der Waals surface area contributed by atoms with Crippen molar-refractivity contribution in [3.63, 3.8) is 0 Å². The predicted molar refractivity (Wildman–Crippen MR) is 97.2 cm³/mol. The number of piperazine rings is 1.